The van der Waals surface area contributed by atoms with Crippen LogP contribution < -0.4 is 41.2 Å². The molecule has 0 radical (unpaired) electrons. The zero-order chi connectivity index (χ0) is 41.0. The van der Waals surface area contributed by atoms with Crippen LogP contribution in [0.25, 0.3) is 33.5 Å². The molecule has 2 aromatic heterocycles. The Bertz CT molecular complexity index is 3370. The summed E-state index contributed by atoms with van der Waals surface area (Å²) < 4.78 is 12.2. The molecule has 0 atom stereocenters. The molecule has 1 aliphatic rings. The summed E-state index contributed by atoms with van der Waals surface area (Å²) in [7, 11) is -3.26. The van der Waals surface area contributed by atoms with Gasteiger partial charge in [-0.15, -0.1) is 0 Å². The average Bonchev–Trinajstić information content (AvgIpc) is 3.83. The first kappa shape index (κ1) is 36.0. The molecule has 62 heavy (non-hydrogen) atoms. The highest BCUT2D eigenvalue weighted by molar-refractivity contribution is 7.20. The largest absolute Gasteiger partial charge is 0.456 e. The minimum atomic E-state index is -3.26. The van der Waals surface area contributed by atoms with Crippen molar-refractivity contribution < 1.29 is 4.74 Å². The summed E-state index contributed by atoms with van der Waals surface area (Å²) in [4.78, 5) is 7.75. The molecule has 0 saturated carbocycles. The van der Waals surface area contributed by atoms with E-state index in [9.17, 15) is 0 Å². The van der Waals surface area contributed by atoms with Crippen LogP contribution in [0, 0.1) is 0 Å². The van der Waals surface area contributed by atoms with Gasteiger partial charge in [-0.2, -0.15) is 0 Å². The number of hydrogen-bond donors (Lipinski definition) is 0. The third kappa shape index (κ3) is 5.52. The molecule has 3 heterocycles. The topological polar surface area (TPSA) is 34.7 Å². The lowest BCUT2D eigenvalue weighted by molar-refractivity contribution is 0.493. The quantitative estimate of drug-likeness (QED) is 0.119. The van der Waals surface area contributed by atoms with Crippen LogP contribution in [-0.2, 0) is 0 Å². The molecule has 0 aliphatic carbocycles. The summed E-state index contributed by atoms with van der Waals surface area (Å²) in [6.07, 6.45) is 0. The van der Waals surface area contributed by atoms with E-state index in [1.807, 2.05) is 0 Å². The third-order valence-corrected chi connectivity index (χ3v) is 17.3. The molecule has 0 bridgehead atoms. The van der Waals surface area contributed by atoms with E-state index in [4.69, 9.17) is 9.72 Å². The molecular weight excluding hydrogens is 772 g/mol. The van der Waals surface area contributed by atoms with E-state index < -0.39 is 8.07 Å². The van der Waals surface area contributed by atoms with Gasteiger partial charge in [0, 0.05) is 11.4 Å². The van der Waals surface area contributed by atoms with Crippen LogP contribution in [0.5, 0.6) is 11.5 Å². The van der Waals surface area contributed by atoms with Crippen LogP contribution in [0.4, 0.5) is 11.4 Å². The van der Waals surface area contributed by atoms with Crippen molar-refractivity contribution in [2.45, 2.75) is 0 Å². The van der Waals surface area contributed by atoms with Crippen molar-refractivity contribution in [2.24, 2.45) is 0 Å². The molecule has 0 saturated heterocycles. The number of ether oxygens (including phenoxy) is 1. The van der Waals surface area contributed by atoms with E-state index in [2.05, 4.69) is 250 Å². The zero-order valence-electron chi connectivity index (χ0n) is 33.8. The van der Waals surface area contributed by atoms with Crippen LogP contribution in [0.2, 0.25) is 0 Å². The van der Waals surface area contributed by atoms with E-state index >= 15 is 0 Å². The van der Waals surface area contributed by atoms with Crippen molar-refractivity contribution in [2.75, 3.05) is 4.81 Å². The fourth-order valence-electron chi connectivity index (χ4n) is 9.97. The zero-order valence-corrected chi connectivity index (χ0v) is 34.8. The Morgan fingerprint density at radius 1 is 0.452 bits per heavy atom. The molecule has 0 amide bonds. The number of hydrogen-bond acceptors (Lipinski definition) is 3. The molecule has 292 valence electrons. The van der Waals surface area contributed by atoms with E-state index in [1.165, 1.54) is 26.2 Å². The molecule has 0 N–H and O–H groups in total. The summed E-state index contributed by atoms with van der Waals surface area (Å²) in [6, 6.07) is 85.5. The van der Waals surface area contributed by atoms with Gasteiger partial charge < -0.3 is 9.55 Å². The van der Waals surface area contributed by atoms with Crippen molar-refractivity contribution in [1.82, 2.24) is 14.0 Å². The second-order valence-electron chi connectivity index (χ2n) is 15.9. The smallest absolute Gasteiger partial charge is 0.332 e. The molecule has 12 rings (SSSR count). The lowest BCUT2D eigenvalue weighted by Gasteiger charge is -2.37. The van der Waals surface area contributed by atoms with E-state index in [-0.39, 0.29) is 6.85 Å². The monoisotopic (exact) mass is 810 g/mol. The van der Waals surface area contributed by atoms with Crippen LogP contribution in [0.15, 0.2) is 237 Å². The lowest BCUT2D eigenvalue weighted by Crippen LogP contribution is -2.75. The minimum absolute atomic E-state index is 0.159. The molecule has 0 spiro atoms. The second kappa shape index (κ2) is 14.7. The van der Waals surface area contributed by atoms with Crippen molar-refractivity contribution in [3.8, 4) is 17.2 Å². The Labute approximate surface area is 361 Å². The standard InChI is InChI=1S/C55H39BN4OSi/c1-5-21-40(22-6-1)56-46-31-13-18-37-52(46)61-54-51(60(56)41-23-7-2-8-24-41)36-20-38-53(54)62(43-26-9-3-10-27-43,44-28-11-4-12-29-44)45-30-19-25-42(39-45)58-49-34-16-17-35-50(49)59-48-33-15-14-32-47(48)57-55(58)59/h1-39H. The molecule has 0 unspecified atom stereocenters. The number of fused-ring (bicyclic) bond motifs is 7. The molecule has 7 heteroatoms. The molecule has 1 aliphatic heterocycles. The predicted molar refractivity (Wildman–Crippen MR) is 260 cm³/mol. The Morgan fingerprint density at radius 3 is 1.76 bits per heavy atom. The molecule has 5 nitrogen and oxygen atoms in total. The number of aromatic nitrogens is 3. The van der Waals surface area contributed by atoms with E-state index in [0.717, 1.165) is 61.9 Å². The van der Waals surface area contributed by atoms with Crippen molar-refractivity contribution >= 4 is 85.8 Å². The summed E-state index contributed by atoms with van der Waals surface area (Å²) in [6.45, 7) is -0.159. The highest BCUT2D eigenvalue weighted by Crippen LogP contribution is 2.40. The van der Waals surface area contributed by atoms with E-state index in [1.54, 1.807) is 0 Å². The maximum Gasteiger partial charge on any atom is 0.332 e. The Kier molecular flexibility index (Phi) is 8.54. The SMILES string of the molecule is c1ccc(B2c3ccccc3Oc3c(cccc3[Si](c3ccccc3)(c3ccccc3)c3cccc(-n4c5ccccc5n5c6ccccc6nc45)c3)N2c2ccccc2)cc1. The molecule has 0 fully saturated rings. The normalized spacial score (nSPS) is 12.6. The van der Waals surface area contributed by atoms with Crippen molar-refractivity contribution in [3.63, 3.8) is 0 Å². The van der Waals surface area contributed by atoms with Gasteiger partial charge in [0.05, 0.1) is 27.8 Å². The van der Waals surface area contributed by atoms with Gasteiger partial charge in [0.1, 0.15) is 11.5 Å². The lowest BCUT2D eigenvalue weighted by atomic mass is 9.48. The molecule has 9 aromatic carbocycles. The maximum atomic E-state index is 7.53. The minimum Gasteiger partial charge on any atom is -0.456 e. The van der Waals surface area contributed by atoms with Gasteiger partial charge in [-0.1, -0.05) is 181 Å². The first-order valence-corrected chi connectivity index (χ1v) is 23.2. The first-order chi connectivity index (χ1) is 30.8. The average molecular weight is 811 g/mol. The third-order valence-electron chi connectivity index (χ3n) is 12.5. The molecular formula is C55H39BN4OSi. The number of para-hydroxylation sites is 7. The Hall–Kier alpha value is -7.87. The van der Waals surface area contributed by atoms with Crippen molar-refractivity contribution in [1.29, 1.82) is 0 Å². The van der Waals surface area contributed by atoms with Gasteiger partial charge in [0.2, 0.25) is 5.78 Å². The van der Waals surface area contributed by atoms with Gasteiger partial charge >= 0.3 is 6.85 Å². The van der Waals surface area contributed by atoms with Crippen LogP contribution in [0.3, 0.4) is 0 Å². The highest BCUT2D eigenvalue weighted by Gasteiger charge is 2.46. The first-order valence-electron chi connectivity index (χ1n) is 21.2. The number of nitrogens with zero attached hydrogens (tertiary/aromatic N) is 4. The summed E-state index contributed by atoms with van der Waals surface area (Å²) in [5, 5.41) is 4.93. The summed E-state index contributed by atoms with van der Waals surface area (Å²) in [5.41, 5.74) is 9.72. The van der Waals surface area contributed by atoms with Gasteiger partial charge in [0.15, 0.2) is 8.07 Å². The number of imidazole rings is 2. The van der Waals surface area contributed by atoms with Crippen LogP contribution >= 0.6 is 0 Å². The van der Waals surface area contributed by atoms with Crippen LogP contribution in [-0.4, -0.2) is 28.9 Å². The van der Waals surface area contributed by atoms with E-state index in [0.29, 0.717) is 0 Å². The van der Waals surface area contributed by atoms with Crippen molar-refractivity contribution in [3.05, 3.63) is 237 Å². The fraction of sp³-hybridized carbons (Fsp3) is 0. The molecule has 11 aromatic rings. The Morgan fingerprint density at radius 2 is 1.02 bits per heavy atom. The van der Waals surface area contributed by atoms with Crippen LogP contribution in [0.1, 0.15) is 0 Å². The Balaban J connectivity index is 1.19. The van der Waals surface area contributed by atoms with Gasteiger partial charge in [-0.05, 0) is 86.9 Å². The number of benzene rings is 9. The summed E-state index contributed by atoms with van der Waals surface area (Å²) >= 11 is 0. The summed E-state index contributed by atoms with van der Waals surface area (Å²) in [5.74, 6) is 2.59. The fourth-order valence-corrected chi connectivity index (χ4v) is 14.9. The van der Waals surface area contributed by atoms with Gasteiger partial charge in [0.25, 0.3) is 0 Å². The maximum absolute atomic E-state index is 7.53. The number of rotatable bonds is 7. The van der Waals surface area contributed by atoms with Gasteiger partial charge in [-0.25, -0.2) is 4.98 Å². The number of anilines is 2. The van der Waals surface area contributed by atoms with Gasteiger partial charge in [-0.3, -0.25) is 8.97 Å². The second-order valence-corrected chi connectivity index (χ2v) is 19.7. The highest BCUT2D eigenvalue weighted by atomic mass is 28.3. The predicted octanol–water partition coefficient (Wildman–Crippen LogP) is 8.86.